The molecule has 3 amide bonds. The van der Waals surface area contributed by atoms with Crippen molar-refractivity contribution in [1.29, 1.82) is 0 Å². The van der Waals surface area contributed by atoms with E-state index < -0.39 is 0 Å². The normalized spacial score (nSPS) is 15.7. The fourth-order valence-electron chi connectivity index (χ4n) is 3.52. The zero-order chi connectivity index (χ0) is 21.1. The zero-order valence-corrected chi connectivity index (χ0v) is 18.1. The largest absolute Gasteiger partial charge is 0.336 e. The SMILES string of the molecule is C[C@@H](CC(=O)N(C)CC(=O)N1CC(=O)N(c2ccc(Cl)cc2)C1)CC(C)(C)C. The van der Waals surface area contributed by atoms with Crippen molar-refractivity contribution in [3.05, 3.63) is 29.3 Å². The Morgan fingerprint density at radius 2 is 1.82 bits per heavy atom. The Morgan fingerprint density at radius 1 is 1.21 bits per heavy atom. The molecule has 1 saturated heterocycles. The van der Waals surface area contributed by atoms with Gasteiger partial charge in [0.15, 0.2) is 0 Å². The zero-order valence-electron chi connectivity index (χ0n) is 17.4. The fourth-order valence-corrected chi connectivity index (χ4v) is 3.65. The second-order valence-corrected chi connectivity index (χ2v) is 9.29. The predicted octanol–water partition coefficient (Wildman–Crippen LogP) is 3.39. The second-order valence-electron chi connectivity index (χ2n) is 8.86. The average molecular weight is 408 g/mol. The van der Waals surface area contributed by atoms with Crippen LogP contribution in [0.3, 0.4) is 0 Å². The van der Waals surface area contributed by atoms with Gasteiger partial charge >= 0.3 is 0 Å². The van der Waals surface area contributed by atoms with Gasteiger partial charge in [-0.25, -0.2) is 0 Å². The maximum absolute atomic E-state index is 12.6. The van der Waals surface area contributed by atoms with Gasteiger partial charge in [-0.2, -0.15) is 0 Å². The van der Waals surface area contributed by atoms with Gasteiger partial charge in [0, 0.05) is 24.2 Å². The van der Waals surface area contributed by atoms with E-state index in [0.29, 0.717) is 17.1 Å². The molecule has 1 fully saturated rings. The highest BCUT2D eigenvalue weighted by Gasteiger charge is 2.32. The monoisotopic (exact) mass is 407 g/mol. The van der Waals surface area contributed by atoms with Crippen LogP contribution in [0.1, 0.15) is 40.5 Å². The van der Waals surface area contributed by atoms with Crippen LogP contribution in [0.15, 0.2) is 24.3 Å². The van der Waals surface area contributed by atoms with E-state index in [-0.39, 0.29) is 48.8 Å². The van der Waals surface area contributed by atoms with Crippen molar-refractivity contribution in [3.63, 3.8) is 0 Å². The Labute approximate surface area is 172 Å². The van der Waals surface area contributed by atoms with E-state index in [4.69, 9.17) is 11.6 Å². The summed E-state index contributed by atoms with van der Waals surface area (Å²) in [5.41, 5.74) is 0.861. The number of carbonyl (C=O) groups excluding carboxylic acids is 3. The number of hydrogen-bond acceptors (Lipinski definition) is 3. The quantitative estimate of drug-likeness (QED) is 0.726. The van der Waals surface area contributed by atoms with Gasteiger partial charge in [-0.15, -0.1) is 0 Å². The molecule has 1 aromatic carbocycles. The van der Waals surface area contributed by atoms with Gasteiger partial charge in [0.25, 0.3) is 0 Å². The Morgan fingerprint density at radius 3 is 2.39 bits per heavy atom. The van der Waals surface area contributed by atoms with E-state index in [2.05, 4.69) is 27.7 Å². The van der Waals surface area contributed by atoms with E-state index in [0.717, 1.165) is 6.42 Å². The molecular weight excluding hydrogens is 378 g/mol. The number of rotatable bonds is 6. The van der Waals surface area contributed by atoms with Crippen molar-refractivity contribution >= 4 is 35.0 Å². The molecule has 0 aliphatic carbocycles. The maximum atomic E-state index is 12.6. The van der Waals surface area contributed by atoms with Crippen LogP contribution < -0.4 is 4.90 Å². The van der Waals surface area contributed by atoms with E-state index in [1.165, 1.54) is 9.80 Å². The molecular formula is C21H30ClN3O3. The van der Waals surface area contributed by atoms with Crippen LogP contribution in [0, 0.1) is 11.3 Å². The number of anilines is 1. The minimum Gasteiger partial charge on any atom is -0.336 e. The van der Waals surface area contributed by atoms with Crippen LogP contribution >= 0.6 is 11.6 Å². The molecule has 1 aliphatic rings. The lowest BCUT2D eigenvalue weighted by molar-refractivity contribution is -0.139. The third kappa shape index (κ3) is 6.23. The summed E-state index contributed by atoms with van der Waals surface area (Å²) in [7, 11) is 1.64. The van der Waals surface area contributed by atoms with Gasteiger partial charge in [0.2, 0.25) is 17.7 Å². The Kier molecular flexibility index (Phi) is 7.10. The highest BCUT2D eigenvalue weighted by atomic mass is 35.5. The molecule has 0 saturated carbocycles. The van der Waals surface area contributed by atoms with Gasteiger partial charge in [-0.05, 0) is 42.0 Å². The molecule has 1 heterocycles. The summed E-state index contributed by atoms with van der Waals surface area (Å²) in [6.07, 6.45) is 1.36. The van der Waals surface area contributed by atoms with Crippen molar-refractivity contribution in [2.75, 3.05) is 31.7 Å². The summed E-state index contributed by atoms with van der Waals surface area (Å²) in [4.78, 5) is 41.8. The number of hydrogen-bond donors (Lipinski definition) is 0. The smallest absolute Gasteiger partial charge is 0.248 e. The number of halogens is 1. The predicted molar refractivity (Wildman–Crippen MR) is 111 cm³/mol. The van der Waals surface area contributed by atoms with E-state index in [1.807, 2.05) is 0 Å². The number of amides is 3. The van der Waals surface area contributed by atoms with E-state index in [9.17, 15) is 14.4 Å². The lowest BCUT2D eigenvalue weighted by atomic mass is 9.84. The highest BCUT2D eigenvalue weighted by Crippen LogP contribution is 2.26. The van der Waals surface area contributed by atoms with E-state index in [1.54, 1.807) is 36.2 Å². The molecule has 0 bridgehead atoms. The molecule has 1 aliphatic heterocycles. The van der Waals surface area contributed by atoms with Crippen molar-refractivity contribution in [2.45, 2.75) is 40.5 Å². The van der Waals surface area contributed by atoms with Crippen molar-refractivity contribution in [3.8, 4) is 0 Å². The van der Waals surface area contributed by atoms with Gasteiger partial charge in [-0.1, -0.05) is 39.3 Å². The summed E-state index contributed by atoms with van der Waals surface area (Å²) in [5.74, 6) is -0.184. The molecule has 0 N–H and O–H groups in total. The molecule has 2 rings (SSSR count). The summed E-state index contributed by atoms with van der Waals surface area (Å²) in [6, 6.07) is 6.92. The van der Waals surface area contributed by atoms with Gasteiger partial charge in [-0.3, -0.25) is 19.3 Å². The standard InChI is InChI=1S/C21H30ClN3O3/c1-15(11-21(2,3)4)10-18(26)23(5)12-19(27)24-13-20(28)25(14-24)17-8-6-16(22)7-9-17/h6-9,15H,10-14H2,1-5H3/t15-/m0/s1. The molecule has 7 heteroatoms. The second kappa shape index (κ2) is 8.95. The lowest BCUT2D eigenvalue weighted by Crippen LogP contribution is -2.41. The molecule has 1 atom stereocenters. The topological polar surface area (TPSA) is 60.9 Å². The van der Waals surface area contributed by atoms with Crippen LogP contribution in [-0.4, -0.2) is 54.3 Å². The third-order valence-corrected chi connectivity index (χ3v) is 4.96. The van der Waals surface area contributed by atoms with Crippen molar-refractivity contribution < 1.29 is 14.4 Å². The average Bonchev–Trinajstić information content (AvgIpc) is 2.95. The molecule has 0 unspecified atom stereocenters. The van der Waals surface area contributed by atoms with Crippen LogP contribution in [0.2, 0.25) is 5.02 Å². The van der Waals surface area contributed by atoms with Crippen molar-refractivity contribution in [1.82, 2.24) is 9.80 Å². The molecule has 1 aromatic rings. The molecule has 0 radical (unpaired) electrons. The van der Waals surface area contributed by atoms with Crippen LogP contribution in [0.4, 0.5) is 5.69 Å². The number of benzene rings is 1. The Bertz CT molecular complexity index is 727. The Hall–Kier alpha value is -2.08. The van der Waals surface area contributed by atoms with Crippen LogP contribution in [-0.2, 0) is 14.4 Å². The first-order valence-corrected chi connectivity index (χ1v) is 9.92. The fraction of sp³-hybridized carbons (Fsp3) is 0.571. The third-order valence-electron chi connectivity index (χ3n) is 4.71. The Balaban J connectivity index is 1.89. The molecule has 0 spiro atoms. The summed E-state index contributed by atoms with van der Waals surface area (Å²) in [6.45, 7) is 8.69. The van der Waals surface area contributed by atoms with Crippen LogP contribution in [0.5, 0.6) is 0 Å². The molecule has 28 heavy (non-hydrogen) atoms. The van der Waals surface area contributed by atoms with Gasteiger partial charge < -0.3 is 9.80 Å². The summed E-state index contributed by atoms with van der Waals surface area (Å²) < 4.78 is 0. The minimum atomic E-state index is -0.232. The van der Waals surface area contributed by atoms with Crippen LogP contribution in [0.25, 0.3) is 0 Å². The first kappa shape index (κ1) is 22.2. The van der Waals surface area contributed by atoms with Gasteiger partial charge in [0.1, 0.15) is 13.2 Å². The first-order chi connectivity index (χ1) is 13.0. The number of likely N-dealkylation sites (N-methyl/N-ethyl adjacent to an activating group) is 1. The lowest BCUT2D eigenvalue weighted by Gasteiger charge is -2.25. The van der Waals surface area contributed by atoms with Gasteiger partial charge in [0.05, 0.1) is 6.54 Å². The number of carbonyl (C=O) groups is 3. The molecule has 6 nitrogen and oxygen atoms in total. The molecule has 154 valence electrons. The molecule has 0 aromatic heterocycles. The highest BCUT2D eigenvalue weighted by molar-refractivity contribution is 6.30. The van der Waals surface area contributed by atoms with E-state index >= 15 is 0 Å². The summed E-state index contributed by atoms with van der Waals surface area (Å²) in [5, 5.41) is 0.587. The maximum Gasteiger partial charge on any atom is 0.248 e. The summed E-state index contributed by atoms with van der Waals surface area (Å²) >= 11 is 5.89. The number of nitrogens with zero attached hydrogens (tertiary/aromatic N) is 3. The first-order valence-electron chi connectivity index (χ1n) is 9.54. The minimum absolute atomic E-state index is 0.0178. The van der Waals surface area contributed by atoms with Crippen molar-refractivity contribution in [2.24, 2.45) is 11.3 Å².